The Kier molecular flexibility index (Phi) is 6.70. The number of carbonyl (C=O) groups is 1. The van der Waals surface area contributed by atoms with Crippen molar-refractivity contribution in [1.82, 2.24) is 10.2 Å². The minimum absolute atomic E-state index is 0.0413. The van der Waals surface area contributed by atoms with Gasteiger partial charge in [0.1, 0.15) is 6.17 Å². The zero-order chi connectivity index (χ0) is 18.8. The molecule has 3 nitrogen and oxygen atoms in total. The maximum absolute atomic E-state index is 12.7. The van der Waals surface area contributed by atoms with Crippen molar-refractivity contribution in [2.24, 2.45) is 5.92 Å². The fraction of sp³-hybridized carbons (Fsp3) is 0.632. The largest absolute Gasteiger partial charge is 0.332 e. The zero-order valence-electron chi connectivity index (χ0n) is 15.3. The van der Waals surface area contributed by atoms with Crippen molar-refractivity contribution in [3.8, 4) is 0 Å². The second-order valence-electron chi connectivity index (χ2n) is 7.96. The maximum Gasteiger partial charge on any atom is 0.252 e. The van der Waals surface area contributed by atoms with Crippen LogP contribution in [-0.2, 0) is 5.41 Å². The number of nitrogens with one attached hydrogen (secondary N) is 1. The number of alkyl halides is 3. The first kappa shape index (κ1) is 20.8. The second-order valence-corrected chi connectivity index (χ2v) is 10.3. The SMILES string of the molecule is CC1CCN([C@H](NC(=O)c2ccc(C(C)(C)C)cc2)C(Cl)(Cl)Cl)CC1. The van der Waals surface area contributed by atoms with Crippen LogP contribution in [0.3, 0.4) is 0 Å². The van der Waals surface area contributed by atoms with E-state index >= 15 is 0 Å². The van der Waals surface area contributed by atoms with Gasteiger partial charge in [-0.3, -0.25) is 9.69 Å². The van der Waals surface area contributed by atoms with Gasteiger partial charge in [-0.15, -0.1) is 0 Å². The molecular weight excluding hydrogens is 379 g/mol. The molecule has 1 saturated heterocycles. The Morgan fingerprint density at radius 2 is 1.64 bits per heavy atom. The molecule has 1 aromatic carbocycles. The fourth-order valence-corrected chi connectivity index (χ4v) is 3.57. The Labute approximate surface area is 166 Å². The van der Waals surface area contributed by atoms with Crippen LogP contribution in [0.25, 0.3) is 0 Å². The Balaban J connectivity index is 2.11. The molecule has 1 aliphatic heterocycles. The Hall–Kier alpha value is -0.480. The summed E-state index contributed by atoms with van der Waals surface area (Å²) in [6, 6.07) is 7.59. The fourth-order valence-electron chi connectivity index (χ4n) is 3.00. The number of hydrogen-bond acceptors (Lipinski definition) is 2. The van der Waals surface area contributed by atoms with Gasteiger partial charge in [0.15, 0.2) is 0 Å². The van der Waals surface area contributed by atoms with E-state index in [1.807, 2.05) is 24.3 Å². The summed E-state index contributed by atoms with van der Waals surface area (Å²) >= 11 is 18.5. The van der Waals surface area contributed by atoms with Crippen molar-refractivity contribution in [2.75, 3.05) is 13.1 Å². The summed E-state index contributed by atoms with van der Waals surface area (Å²) in [5, 5.41) is 2.91. The van der Waals surface area contributed by atoms with E-state index in [-0.39, 0.29) is 11.3 Å². The molecule has 1 aromatic rings. The van der Waals surface area contributed by atoms with Gasteiger partial charge in [0.2, 0.25) is 3.79 Å². The molecule has 1 aliphatic rings. The summed E-state index contributed by atoms with van der Waals surface area (Å²) in [6.45, 7) is 10.2. The van der Waals surface area contributed by atoms with Crippen LogP contribution in [-0.4, -0.2) is 33.9 Å². The summed E-state index contributed by atoms with van der Waals surface area (Å²) in [5.74, 6) is 0.434. The predicted octanol–water partition coefficient (Wildman–Crippen LogP) is 5.14. The second kappa shape index (κ2) is 8.04. The van der Waals surface area contributed by atoms with Crippen molar-refractivity contribution in [2.45, 2.75) is 55.9 Å². The van der Waals surface area contributed by atoms with Gasteiger partial charge < -0.3 is 5.32 Å². The molecule has 1 heterocycles. The minimum atomic E-state index is -1.58. The van der Waals surface area contributed by atoms with Gasteiger partial charge in [-0.05, 0) is 41.9 Å². The molecule has 0 aliphatic carbocycles. The van der Waals surface area contributed by atoms with Gasteiger partial charge >= 0.3 is 0 Å². The highest BCUT2D eigenvalue weighted by Gasteiger charge is 2.39. The van der Waals surface area contributed by atoms with Gasteiger partial charge in [-0.25, -0.2) is 0 Å². The Morgan fingerprint density at radius 1 is 1.12 bits per heavy atom. The van der Waals surface area contributed by atoms with E-state index in [0.29, 0.717) is 11.5 Å². The van der Waals surface area contributed by atoms with Crippen LogP contribution >= 0.6 is 34.8 Å². The summed E-state index contributed by atoms with van der Waals surface area (Å²) in [5.41, 5.74) is 1.78. The van der Waals surface area contributed by atoms with Crippen molar-refractivity contribution in [3.63, 3.8) is 0 Å². The first-order valence-electron chi connectivity index (χ1n) is 8.70. The molecule has 0 bridgehead atoms. The average Bonchev–Trinajstić information content (AvgIpc) is 2.51. The highest BCUT2D eigenvalue weighted by molar-refractivity contribution is 6.68. The molecule has 1 atom stereocenters. The standard InChI is InChI=1S/C19H27Cl3N2O/c1-13-9-11-24(12-10-13)17(19(20,21)22)23-16(25)14-5-7-15(8-6-14)18(2,3)4/h5-8,13,17H,9-12H2,1-4H3,(H,23,25)/t17-/m0/s1. The number of halogens is 3. The van der Waals surface area contributed by atoms with E-state index in [4.69, 9.17) is 34.8 Å². The number of hydrogen-bond donors (Lipinski definition) is 1. The van der Waals surface area contributed by atoms with E-state index < -0.39 is 9.96 Å². The lowest BCUT2D eigenvalue weighted by atomic mass is 9.87. The topological polar surface area (TPSA) is 32.3 Å². The number of carbonyl (C=O) groups excluding carboxylic acids is 1. The third-order valence-corrected chi connectivity index (χ3v) is 5.39. The molecule has 6 heteroatoms. The summed E-state index contributed by atoms with van der Waals surface area (Å²) < 4.78 is -1.58. The van der Waals surface area contributed by atoms with E-state index in [9.17, 15) is 4.79 Å². The van der Waals surface area contributed by atoms with Crippen LogP contribution in [0.5, 0.6) is 0 Å². The van der Waals surface area contributed by atoms with Crippen LogP contribution in [0.2, 0.25) is 0 Å². The van der Waals surface area contributed by atoms with E-state index in [1.54, 1.807) is 0 Å². The van der Waals surface area contributed by atoms with Crippen molar-refractivity contribution in [1.29, 1.82) is 0 Å². The highest BCUT2D eigenvalue weighted by atomic mass is 35.6. The normalized spacial score (nSPS) is 18.8. The lowest BCUT2D eigenvalue weighted by Gasteiger charge is -2.40. The smallest absolute Gasteiger partial charge is 0.252 e. The maximum atomic E-state index is 12.7. The quantitative estimate of drug-likeness (QED) is 0.706. The first-order valence-corrected chi connectivity index (χ1v) is 9.84. The Bertz CT molecular complexity index is 582. The molecule has 0 spiro atoms. The van der Waals surface area contributed by atoms with Crippen LogP contribution in [0, 0.1) is 5.92 Å². The van der Waals surface area contributed by atoms with Crippen LogP contribution in [0.15, 0.2) is 24.3 Å². The Morgan fingerprint density at radius 3 is 2.08 bits per heavy atom. The molecule has 1 fully saturated rings. The number of benzene rings is 1. The van der Waals surface area contributed by atoms with Gasteiger partial charge in [-0.1, -0.05) is 74.6 Å². The van der Waals surface area contributed by atoms with Crippen molar-refractivity contribution < 1.29 is 4.79 Å². The molecule has 0 aromatic heterocycles. The molecule has 25 heavy (non-hydrogen) atoms. The number of amides is 1. The molecule has 140 valence electrons. The third-order valence-electron chi connectivity index (χ3n) is 4.77. The average molecular weight is 406 g/mol. The molecule has 0 unspecified atom stereocenters. The zero-order valence-corrected chi connectivity index (χ0v) is 17.5. The third kappa shape index (κ3) is 5.75. The summed E-state index contributed by atoms with van der Waals surface area (Å²) in [6.07, 6.45) is 1.43. The molecule has 1 amide bonds. The van der Waals surface area contributed by atoms with E-state index in [0.717, 1.165) is 25.9 Å². The number of rotatable bonds is 3. The van der Waals surface area contributed by atoms with Gasteiger partial charge in [0.25, 0.3) is 5.91 Å². The van der Waals surface area contributed by atoms with E-state index in [1.165, 1.54) is 5.56 Å². The number of nitrogens with zero attached hydrogens (tertiary/aromatic N) is 1. The van der Waals surface area contributed by atoms with Crippen LogP contribution < -0.4 is 5.32 Å². The van der Waals surface area contributed by atoms with Crippen molar-refractivity contribution in [3.05, 3.63) is 35.4 Å². The lowest BCUT2D eigenvalue weighted by Crippen LogP contribution is -2.57. The van der Waals surface area contributed by atoms with Crippen LogP contribution in [0.4, 0.5) is 0 Å². The summed E-state index contributed by atoms with van der Waals surface area (Å²) in [7, 11) is 0. The lowest BCUT2D eigenvalue weighted by molar-refractivity contribution is 0.0785. The molecule has 0 saturated carbocycles. The highest BCUT2D eigenvalue weighted by Crippen LogP contribution is 2.34. The predicted molar refractivity (Wildman–Crippen MR) is 107 cm³/mol. The molecule has 0 radical (unpaired) electrons. The van der Waals surface area contributed by atoms with Crippen molar-refractivity contribution >= 4 is 40.7 Å². The van der Waals surface area contributed by atoms with Gasteiger partial charge in [0, 0.05) is 18.7 Å². The van der Waals surface area contributed by atoms with Gasteiger partial charge in [-0.2, -0.15) is 0 Å². The van der Waals surface area contributed by atoms with Crippen LogP contribution in [0.1, 0.15) is 56.5 Å². The number of piperidine rings is 1. The number of likely N-dealkylation sites (tertiary alicyclic amines) is 1. The molecule has 1 N–H and O–H groups in total. The van der Waals surface area contributed by atoms with E-state index in [2.05, 4.69) is 37.9 Å². The van der Waals surface area contributed by atoms with Gasteiger partial charge in [0.05, 0.1) is 0 Å². The monoisotopic (exact) mass is 404 g/mol. The molecule has 2 rings (SSSR count). The summed E-state index contributed by atoms with van der Waals surface area (Å²) in [4.78, 5) is 14.7. The first-order chi connectivity index (χ1) is 11.5. The minimum Gasteiger partial charge on any atom is -0.332 e. The molecular formula is C19H27Cl3N2O.